The third kappa shape index (κ3) is 2.07. The van der Waals surface area contributed by atoms with Crippen molar-refractivity contribution < 1.29 is 19.2 Å². The Morgan fingerprint density at radius 1 is 1.42 bits per heavy atom. The molecule has 3 rings (SSSR count). The van der Waals surface area contributed by atoms with Gasteiger partial charge in [-0.15, -0.1) is 0 Å². The summed E-state index contributed by atoms with van der Waals surface area (Å²) < 4.78 is 10.4. The smallest absolute Gasteiger partial charge is 0.313 e. The molecule has 2 aromatic rings. The number of fused-ring (bicyclic) bond motifs is 1. The van der Waals surface area contributed by atoms with Crippen LogP contribution in [0, 0.1) is 5.41 Å². The lowest BCUT2D eigenvalue weighted by molar-refractivity contribution is -0.151. The summed E-state index contributed by atoms with van der Waals surface area (Å²) >= 11 is 0. The molecule has 1 aliphatic heterocycles. The topological polar surface area (TPSA) is 72.6 Å². The minimum Gasteiger partial charge on any atom is -0.492 e. The first-order chi connectivity index (χ1) is 9.20. The van der Waals surface area contributed by atoms with Crippen molar-refractivity contribution >= 4 is 5.97 Å². The van der Waals surface area contributed by atoms with E-state index in [2.05, 4.69) is 5.16 Å². The molecular formula is C14H13NO4. The van der Waals surface area contributed by atoms with Gasteiger partial charge in [-0.05, 0) is 24.5 Å². The molecule has 0 spiro atoms. The third-order valence-electron chi connectivity index (χ3n) is 3.49. The number of carbonyl (C=O) groups is 1. The number of carboxylic acid groups (broad SMARTS) is 1. The molecule has 1 aromatic heterocycles. The fraction of sp³-hybridized carbons (Fsp3) is 0.286. The van der Waals surface area contributed by atoms with Gasteiger partial charge in [-0.1, -0.05) is 23.4 Å². The van der Waals surface area contributed by atoms with E-state index in [9.17, 15) is 9.90 Å². The zero-order valence-electron chi connectivity index (χ0n) is 10.2. The van der Waals surface area contributed by atoms with Crippen LogP contribution < -0.4 is 4.74 Å². The van der Waals surface area contributed by atoms with Crippen molar-refractivity contribution in [1.82, 2.24) is 5.16 Å². The molecule has 98 valence electrons. The van der Waals surface area contributed by atoms with Gasteiger partial charge in [-0.25, -0.2) is 0 Å². The van der Waals surface area contributed by atoms with Crippen molar-refractivity contribution in [2.24, 2.45) is 5.41 Å². The second-order valence-corrected chi connectivity index (χ2v) is 4.87. The number of benzene rings is 1. The molecule has 2 heterocycles. The first kappa shape index (κ1) is 11.8. The molecule has 1 unspecified atom stereocenters. The van der Waals surface area contributed by atoms with Crippen LogP contribution in [0.1, 0.15) is 11.1 Å². The minimum atomic E-state index is -0.958. The molecule has 0 saturated heterocycles. The van der Waals surface area contributed by atoms with Crippen molar-refractivity contribution in [3.05, 3.63) is 47.9 Å². The van der Waals surface area contributed by atoms with Gasteiger partial charge in [0.15, 0.2) is 0 Å². The third-order valence-corrected chi connectivity index (χ3v) is 3.49. The number of rotatable bonds is 3. The summed E-state index contributed by atoms with van der Waals surface area (Å²) in [6.07, 6.45) is 3.82. The van der Waals surface area contributed by atoms with Gasteiger partial charge >= 0.3 is 5.97 Å². The van der Waals surface area contributed by atoms with Crippen molar-refractivity contribution in [3.8, 4) is 5.75 Å². The second kappa shape index (κ2) is 4.42. The molecule has 0 bridgehead atoms. The van der Waals surface area contributed by atoms with Crippen LogP contribution in [0.4, 0.5) is 0 Å². The van der Waals surface area contributed by atoms with Gasteiger partial charge in [0.2, 0.25) is 0 Å². The second-order valence-electron chi connectivity index (χ2n) is 4.87. The molecule has 0 radical (unpaired) electrons. The highest BCUT2D eigenvalue weighted by Crippen LogP contribution is 2.37. The summed E-state index contributed by atoms with van der Waals surface area (Å²) in [5, 5.41) is 13.2. The lowest BCUT2D eigenvalue weighted by atomic mass is 9.76. The standard InChI is InChI=1S/C14H13NO4/c16-13(17)14(5-10-7-15-19-8-10)6-11-3-1-2-4-12(11)18-9-14/h1-4,7-8H,5-6,9H2,(H,16,17). The zero-order valence-corrected chi connectivity index (χ0v) is 10.2. The summed E-state index contributed by atoms with van der Waals surface area (Å²) in [7, 11) is 0. The van der Waals surface area contributed by atoms with Crippen LogP contribution in [-0.4, -0.2) is 22.8 Å². The van der Waals surface area contributed by atoms with Gasteiger partial charge in [0, 0.05) is 5.56 Å². The molecule has 1 N–H and O–H groups in total. The Morgan fingerprint density at radius 2 is 2.26 bits per heavy atom. The highest BCUT2D eigenvalue weighted by Gasteiger charge is 2.43. The Labute approximate surface area is 109 Å². The van der Waals surface area contributed by atoms with Gasteiger partial charge in [0.1, 0.15) is 24.0 Å². The first-order valence-corrected chi connectivity index (χ1v) is 6.02. The molecule has 0 aliphatic carbocycles. The normalized spacial score (nSPS) is 21.5. The molecule has 1 aromatic carbocycles. The summed E-state index contributed by atoms with van der Waals surface area (Å²) in [6, 6.07) is 7.53. The lowest BCUT2D eigenvalue weighted by Gasteiger charge is -2.34. The number of aliphatic carboxylic acids is 1. The summed E-state index contributed by atoms with van der Waals surface area (Å²) in [5.74, 6) is -0.0899. The maximum atomic E-state index is 11.7. The fourth-order valence-electron chi connectivity index (χ4n) is 2.45. The van der Waals surface area contributed by atoms with E-state index in [-0.39, 0.29) is 6.61 Å². The maximum absolute atomic E-state index is 11.7. The Bertz CT molecular complexity index is 593. The van der Waals surface area contributed by atoms with E-state index < -0.39 is 11.4 Å². The molecule has 1 atom stereocenters. The predicted molar refractivity (Wildman–Crippen MR) is 65.9 cm³/mol. The van der Waals surface area contributed by atoms with Gasteiger partial charge < -0.3 is 14.4 Å². The average Bonchev–Trinajstić information content (AvgIpc) is 2.91. The minimum absolute atomic E-state index is 0.157. The van der Waals surface area contributed by atoms with Crippen molar-refractivity contribution in [3.63, 3.8) is 0 Å². The largest absolute Gasteiger partial charge is 0.492 e. The zero-order chi connectivity index (χ0) is 13.3. The van der Waals surface area contributed by atoms with Crippen LogP contribution in [0.5, 0.6) is 5.75 Å². The van der Waals surface area contributed by atoms with E-state index in [0.29, 0.717) is 12.8 Å². The number of hydrogen-bond acceptors (Lipinski definition) is 4. The van der Waals surface area contributed by atoms with Crippen molar-refractivity contribution in [2.45, 2.75) is 12.8 Å². The molecule has 0 amide bonds. The maximum Gasteiger partial charge on any atom is 0.313 e. The van der Waals surface area contributed by atoms with Crippen LogP contribution in [0.2, 0.25) is 0 Å². The number of nitrogens with zero attached hydrogens (tertiary/aromatic N) is 1. The SMILES string of the molecule is O=C(O)C1(Cc2cnoc2)COc2ccccc2C1. The molecular weight excluding hydrogens is 246 g/mol. The van der Waals surface area contributed by atoms with Crippen LogP contribution in [-0.2, 0) is 17.6 Å². The van der Waals surface area contributed by atoms with Crippen LogP contribution >= 0.6 is 0 Å². The van der Waals surface area contributed by atoms with E-state index in [1.165, 1.54) is 6.26 Å². The quantitative estimate of drug-likeness (QED) is 0.911. The Kier molecular flexibility index (Phi) is 2.74. The highest BCUT2D eigenvalue weighted by atomic mass is 16.5. The predicted octanol–water partition coefficient (Wildman–Crippen LogP) is 1.92. The number of para-hydroxylation sites is 1. The Hall–Kier alpha value is -2.30. The van der Waals surface area contributed by atoms with Gasteiger partial charge in [0.05, 0.1) is 6.20 Å². The molecule has 19 heavy (non-hydrogen) atoms. The van der Waals surface area contributed by atoms with Gasteiger partial charge in [-0.2, -0.15) is 0 Å². The number of carboxylic acids is 1. The van der Waals surface area contributed by atoms with Gasteiger partial charge in [-0.3, -0.25) is 4.79 Å². The Morgan fingerprint density at radius 3 is 3.00 bits per heavy atom. The van der Waals surface area contributed by atoms with Crippen LogP contribution in [0.15, 0.2) is 41.2 Å². The van der Waals surface area contributed by atoms with Crippen molar-refractivity contribution in [1.29, 1.82) is 0 Å². The van der Waals surface area contributed by atoms with E-state index in [4.69, 9.17) is 9.26 Å². The lowest BCUT2D eigenvalue weighted by Crippen LogP contribution is -2.43. The molecule has 0 saturated carbocycles. The molecule has 1 aliphatic rings. The Balaban J connectivity index is 1.93. The highest BCUT2D eigenvalue weighted by molar-refractivity contribution is 5.76. The van der Waals surface area contributed by atoms with E-state index >= 15 is 0 Å². The number of hydrogen-bond donors (Lipinski definition) is 1. The summed E-state index contributed by atoms with van der Waals surface area (Å²) in [5.41, 5.74) is 0.734. The molecule has 0 fully saturated rings. The van der Waals surface area contributed by atoms with E-state index in [1.54, 1.807) is 6.20 Å². The molecule has 5 heteroatoms. The summed E-state index contributed by atoms with van der Waals surface area (Å²) in [4.78, 5) is 11.7. The van der Waals surface area contributed by atoms with Crippen molar-refractivity contribution in [2.75, 3.05) is 6.61 Å². The van der Waals surface area contributed by atoms with Gasteiger partial charge in [0.25, 0.3) is 0 Å². The molecule has 5 nitrogen and oxygen atoms in total. The van der Waals surface area contributed by atoms with Crippen LogP contribution in [0.3, 0.4) is 0 Å². The van der Waals surface area contributed by atoms with E-state index in [0.717, 1.165) is 16.9 Å². The number of aromatic nitrogens is 1. The van der Waals surface area contributed by atoms with Crippen LogP contribution in [0.25, 0.3) is 0 Å². The van der Waals surface area contributed by atoms with E-state index in [1.807, 2.05) is 24.3 Å². The fourth-order valence-corrected chi connectivity index (χ4v) is 2.45. The summed E-state index contributed by atoms with van der Waals surface area (Å²) in [6.45, 7) is 0.157. The first-order valence-electron chi connectivity index (χ1n) is 6.02. The average molecular weight is 259 g/mol. The monoisotopic (exact) mass is 259 g/mol. The number of ether oxygens (including phenoxy) is 1.